The minimum atomic E-state index is 0.631. The Bertz CT molecular complexity index is 437. The van der Waals surface area contributed by atoms with E-state index < -0.39 is 0 Å². The second-order valence-corrected chi connectivity index (χ2v) is 3.04. The van der Waals surface area contributed by atoms with Gasteiger partial charge in [-0.05, 0) is 12.1 Å². The van der Waals surface area contributed by atoms with Crippen LogP contribution < -0.4 is 5.73 Å². The second-order valence-electron chi connectivity index (χ2n) is 3.04. The highest BCUT2D eigenvalue weighted by Gasteiger charge is 2.02. The highest BCUT2D eigenvalue weighted by atomic mass is 16.5. The Hall–Kier alpha value is -1.62. The van der Waals surface area contributed by atoms with Gasteiger partial charge in [-0.3, -0.25) is 0 Å². The lowest BCUT2D eigenvalue weighted by molar-refractivity contribution is 0.200. The van der Waals surface area contributed by atoms with E-state index in [0.717, 1.165) is 17.9 Å². The fraction of sp³-hybridized carbons (Fsp3) is 0.333. The Balaban J connectivity index is 2.32. The number of ether oxygens (including phenoxy) is 1. The van der Waals surface area contributed by atoms with Gasteiger partial charge in [-0.2, -0.15) is 5.10 Å². The Morgan fingerprint density at radius 1 is 1.50 bits per heavy atom. The van der Waals surface area contributed by atoms with Gasteiger partial charge in [0.15, 0.2) is 11.5 Å². The van der Waals surface area contributed by atoms with Crippen LogP contribution >= 0.6 is 0 Å². The summed E-state index contributed by atoms with van der Waals surface area (Å²) in [4.78, 5) is 4.31. The summed E-state index contributed by atoms with van der Waals surface area (Å²) in [7, 11) is 1.66. The molecule has 0 fully saturated rings. The molecule has 0 amide bonds. The maximum atomic E-state index is 5.62. The highest BCUT2D eigenvalue weighted by Crippen LogP contribution is 2.06. The molecule has 2 aromatic rings. The number of aromatic nitrogens is 3. The van der Waals surface area contributed by atoms with Crippen LogP contribution in [-0.2, 0) is 11.2 Å². The molecule has 2 aromatic heterocycles. The first kappa shape index (κ1) is 8.96. The zero-order valence-electron chi connectivity index (χ0n) is 7.97. The number of rotatable bonds is 3. The maximum Gasteiger partial charge on any atom is 0.155 e. The van der Waals surface area contributed by atoms with Gasteiger partial charge in [0.2, 0.25) is 0 Å². The summed E-state index contributed by atoms with van der Waals surface area (Å²) in [5, 5.41) is 4.26. The molecule has 2 N–H and O–H groups in total. The van der Waals surface area contributed by atoms with Crippen molar-refractivity contribution in [2.75, 3.05) is 19.5 Å². The van der Waals surface area contributed by atoms with E-state index in [1.807, 2.05) is 12.1 Å². The number of fused-ring (bicyclic) bond motifs is 1. The number of methoxy groups -OCH3 is 1. The van der Waals surface area contributed by atoms with Crippen molar-refractivity contribution in [3.05, 3.63) is 24.2 Å². The molecule has 14 heavy (non-hydrogen) atoms. The van der Waals surface area contributed by atoms with Crippen LogP contribution in [0.1, 0.15) is 5.82 Å². The van der Waals surface area contributed by atoms with Crippen molar-refractivity contribution in [3.63, 3.8) is 0 Å². The van der Waals surface area contributed by atoms with Gasteiger partial charge in [0.05, 0.1) is 18.5 Å². The highest BCUT2D eigenvalue weighted by molar-refractivity contribution is 5.46. The van der Waals surface area contributed by atoms with Gasteiger partial charge in [0.1, 0.15) is 0 Å². The van der Waals surface area contributed by atoms with E-state index in [4.69, 9.17) is 10.5 Å². The van der Waals surface area contributed by atoms with Crippen molar-refractivity contribution in [2.45, 2.75) is 6.42 Å². The second kappa shape index (κ2) is 3.63. The van der Waals surface area contributed by atoms with E-state index in [2.05, 4.69) is 10.1 Å². The average molecular weight is 192 g/mol. The topological polar surface area (TPSA) is 65.4 Å². The van der Waals surface area contributed by atoms with Crippen molar-refractivity contribution < 1.29 is 4.74 Å². The number of nitrogen functional groups attached to an aromatic ring is 1. The molecule has 0 atom stereocenters. The monoisotopic (exact) mass is 192 g/mol. The number of nitrogens with two attached hydrogens (primary N) is 1. The molecule has 0 spiro atoms. The first-order chi connectivity index (χ1) is 6.79. The predicted molar refractivity (Wildman–Crippen MR) is 53.0 cm³/mol. The summed E-state index contributed by atoms with van der Waals surface area (Å²) >= 11 is 0. The van der Waals surface area contributed by atoms with Crippen molar-refractivity contribution in [1.82, 2.24) is 14.6 Å². The molecular weight excluding hydrogens is 180 g/mol. The Morgan fingerprint density at radius 2 is 2.36 bits per heavy atom. The third kappa shape index (κ3) is 1.67. The van der Waals surface area contributed by atoms with Crippen LogP contribution in [0.5, 0.6) is 0 Å². The summed E-state index contributed by atoms with van der Waals surface area (Å²) in [5.74, 6) is 0.775. The van der Waals surface area contributed by atoms with E-state index in [0.29, 0.717) is 12.3 Å². The van der Waals surface area contributed by atoms with Gasteiger partial charge in [-0.1, -0.05) is 0 Å². The largest absolute Gasteiger partial charge is 0.397 e. The normalized spacial score (nSPS) is 10.9. The van der Waals surface area contributed by atoms with Crippen LogP contribution in [0, 0.1) is 0 Å². The van der Waals surface area contributed by atoms with E-state index in [9.17, 15) is 0 Å². The van der Waals surface area contributed by atoms with Crippen LogP contribution in [-0.4, -0.2) is 28.3 Å². The van der Waals surface area contributed by atoms with Gasteiger partial charge in [0, 0.05) is 13.5 Å². The lowest BCUT2D eigenvalue weighted by atomic mass is 10.4. The Kier molecular flexibility index (Phi) is 2.32. The molecule has 0 unspecified atom stereocenters. The minimum absolute atomic E-state index is 0.631. The molecule has 5 nitrogen and oxygen atoms in total. The number of hydrogen-bond acceptors (Lipinski definition) is 4. The predicted octanol–water partition coefficient (Wildman–Crippen LogP) is 0.500. The van der Waals surface area contributed by atoms with Gasteiger partial charge in [-0.25, -0.2) is 9.50 Å². The summed E-state index contributed by atoms with van der Waals surface area (Å²) in [5.41, 5.74) is 7.11. The lowest BCUT2D eigenvalue weighted by Gasteiger charge is -1.92. The molecular formula is C9H12N4O. The zero-order valence-corrected chi connectivity index (χ0v) is 7.97. The molecule has 0 aliphatic carbocycles. The molecule has 5 heteroatoms. The summed E-state index contributed by atoms with van der Waals surface area (Å²) in [6, 6.07) is 3.66. The lowest BCUT2D eigenvalue weighted by Crippen LogP contribution is -1.97. The quantitative estimate of drug-likeness (QED) is 0.769. The molecule has 0 saturated carbocycles. The van der Waals surface area contributed by atoms with Gasteiger partial charge < -0.3 is 10.5 Å². The standard InChI is InChI=1S/C9H12N4O/c1-14-5-4-8-11-9-3-2-7(10)6-13(9)12-8/h2-3,6H,4-5,10H2,1H3. The Labute approximate surface area is 81.5 Å². The van der Waals surface area contributed by atoms with Crippen molar-refractivity contribution in [3.8, 4) is 0 Å². The molecule has 74 valence electrons. The van der Waals surface area contributed by atoms with Crippen LogP contribution in [0.4, 0.5) is 5.69 Å². The molecule has 0 aromatic carbocycles. The minimum Gasteiger partial charge on any atom is -0.397 e. The number of pyridine rings is 1. The first-order valence-corrected chi connectivity index (χ1v) is 4.39. The van der Waals surface area contributed by atoms with Gasteiger partial charge in [-0.15, -0.1) is 0 Å². The maximum absolute atomic E-state index is 5.62. The summed E-state index contributed by atoms with van der Waals surface area (Å²) in [6.07, 6.45) is 2.47. The van der Waals surface area contributed by atoms with Crippen molar-refractivity contribution in [2.24, 2.45) is 0 Å². The smallest absolute Gasteiger partial charge is 0.155 e. The summed E-state index contributed by atoms with van der Waals surface area (Å²) < 4.78 is 6.63. The van der Waals surface area contributed by atoms with Gasteiger partial charge >= 0.3 is 0 Å². The van der Waals surface area contributed by atoms with Crippen LogP contribution in [0.25, 0.3) is 5.65 Å². The molecule has 2 heterocycles. The number of hydrogen-bond donors (Lipinski definition) is 1. The number of anilines is 1. The number of nitrogens with zero attached hydrogens (tertiary/aromatic N) is 3. The molecule has 0 saturated heterocycles. The van der Waals surface area contributed by atoms with E-state index in [1.54, 1.807) is 17.8 Å². The van der Waals surface area contributed by atoms with E-state index in [1.165, 1.54) is 0 Å². The summed E-state index contributed by atoms with van der Waals surface area (Å²) in [6.45, 7) is 0.631. The third-order valence-corrected chi connectivity index (χ3v) is 1.93. The Morgan fingerprint density at radius 3 is 3.14 bits per heavy atom. The SMILES string of the molecule is COCCc1nc2ccc(N)cn2n1. The fourth-order valence-corrected chi connectivity index (χ4v) is 1.24. The van der Waals surface area contributed by atoms with Crippen molar-refractivity contribution in [1.29, 1.82) is 0 Å². The zero-order chi connectivity index (χ0) is 9.97. The van der Waals surface area contributed by atoms with E-state index in [-0.39, 0.29) is 0 Å². The molecule has 2 rings (SSSR count). The van der Waals surface area contributed by atoms with Crippen molar-refractivity contribution >= 4 is 11.3 Å². The molecule has 0 bridgehead atoms. The first-order valence-electron chi connectivity index (χ1n) is 4.39. The van der Waals surface area contributed by atoms with Crippen LogP contribution in [0.2, 0.25) is 0 Å². The average Bonchev–Trinajstić information content (AvgIpc) is 2.56. The molecule has 0 aliphatic heterocycles. The van der Waals surface area contributed by atoms with Crippen LogP contribution in [0.3, 0.4) is 0 Å². The van der Waals surface area contributed by atoms with Gasteiger partial charge in [0.25, 0.3) is 0 Å². The third-order valence-electron chi connectivity index (χ3n) is 1.93. The van der Waals surface area contributed by atoms with E-state index >= 15 is 0 Å². The fourth-order valence-electron chi connectivity index (χ4n) is 1.24. The van der Waals surface area contributed by atoms with Crippen LogP contribution in [0.15, 0.2) is 18.3 Å². The molecule has 0 aliphatic rings. The molecule has 0 radical (unpaired) electrons.